The molecule has 2 heterocycles. The third-order valence-electron chi connectivity index (χ3n) is 4.96. The molecule has 10 nitrogen and oxygen atoms in total. The topological polar surface area (TPSA) is 128 Å². The van der Waals surface area contributed by atoms with Gasteiger partial charge in [0.1, 0.15) is 11.6 Å². The maximum Gasteiger partial charge on any atom is 0.410 e. The van der Waals surface area contributed by atoms with E-state index in [0.717, 1.165) is 25.3 Å². The van der Waals surface area contributed by atoms with Crippen molar-refractivity contribution in [2.75, 3.05) is 31.5 Å². The number of imide groups is 1. The van der Waals surface area contributed by atoms with Crippen LogP contribution in [0.1, 0.15) is 39.2 Å². The second kappa shape index (κ2) is 11.5. The van der Waals surface area contributed by atoms with Crippen molar-refractivity contribution >= 4 is 30.1 Å². The molecule has 176 valence electrons. The number of carbonyl (C=O) groups excluding carboxylic acids is 3. The molecule has 0 aromatic heterocycles. The van der Waals surface area contributed by atoms with E-state index in [1.165, 1.54) is 5.56 Å². The molecule has 0 spiro atoms. The predicted molar refractivity (Wildman–Crippen MR) is 118 cm³/mol. The minimum Gasteiger partial charge on any atom is -0.483 e. The summed E-state index contributed by atoms with van der Waals surface area (Å²) in [5, 5.41) is 12.4. The average molecular weight is 449 g/mol. The van der Waals surface area contributed by atoms with Crippen LogP contribution in [0.3, 0.4) is 0 Å². The summed E-state index contributed by atoms with van der Waals surface area (Å²) in [6.45, 7) is 9.10. The zero-order valence-corrected chi connectivity index (χ0v) is 18.8. The van der Waals surface area contributed by atoms with Gasteiger partial charge in [0.05, 0.1) is 0 Å². The van der Waals surface area contributed by atoms with Gasteiger partial charge in [-0.3, -0.25) is 24.6 Å². The fraction of sp³-hybridized carbons (Fsp3) is 0.545. The summed E-state index contributed by atoms with van der Waals surface area (Å²) < 4.78 is 5.43. The van der Waals surface area contributed by atoms with Crippen LogP contribution in [0.5, 0.6) is 0 Å². The SMILES string of the molecule is CC(C)(C)OC(=O)N1CCN(Cc2ccc(NC3CCC(=O)NC3=O)cc2)CC1.O=CO. The molecular formula is C22H32N4O6. The van der Waals surface area contributed by atoms with E-state index >= 15 is 0 Å². The van der Waals surface area contributed by atoms with Crippen LogP contribution in [-0.2, 0) is 25.7 Å². The number of nitrogens with zero attached hydrogens (tertiary/aromatic N) is 2. The molecule has 0 saturated carbocycles. The first-order valence-corrected chi connectivity index (χ1v) is 10.6. The molecule has 1 unspecified atom stereocenters. The third-order valence-corrected chi connectivity index (χ3v) is 4.96. The molecule has 10 heteroatoms. The van der Waals surface area contributed by atoms with Crippen LogP contribution in [0.15, 0.2) is 24.3 Å². The standard InChI is InChI=1S/C21H30N4O4.CH2O2/c1-21(2,3)29-20(28)25-12-10-24(11-13-25)14-15-4-6-16(7-5-15)22-17-8-9-18(26)23-19(17)27;2-1-3/h4-7,17,22H,8-14H2,1-3H3,(H,23,26,27);1H,(H,2,3). The Morgan fingerprint density at radius 3 is 2.31 bits per heavy atom. The molecule has 2 aliphatic heterocycles. The Labute approximate surface area is 187 Å². The fourth-order valence-electron chi connectivity index (χ4n) is 3.41. The largest absolute Gasteiger partial charge is 0.483 e. The molecule has 2 saturated heterocycles. The lowest BCUT2D eigenvalue weighted by molar-refractivity contribution is -0.133. The molecule has 0 bridgehead atoms. The number of anilines is 1. The summed E-state index contributed by atoms with van der Waals surface area (Å²) in [4.78, 5) is 47.7. The number of ether oxygens (including phenoxy) is 1. The van der Waals surface area contributed by atoms with Crippen molar-refractivity contribution in [2.24, 2.45) is 0 Å². The zero-order chi connectivity index (χ0) is 23.7. The van der Waals surface area contributed by atoms with E-state index in [1.807, 2.05) is 45.0 Å². The molecule has 3 amide bonds. The van der Waals surface area contributed by atoms with Crippen LogP contribution >= 0.6 is 0 Å². The van der Waals surface area contributed by atoms with Gasteiger partial charge in [-0.2, -0.15) is 0 Å². The lowest BCUT2D eigenvalue weighted by Crippen LogP contribution is -2.49. The number of carboxylic acid groups (broad SMARTS) is 1. The number of nitrogens with one attached hydrogen (secondary N) is 2. The first-order chi connectivity index (χ1) is 15.1. The molecule has 1 aromatic carbocycles. The van der Waals surface area contributed by atoms with Crippen molar-refractivity contribution in [1.29, 1.82) is 0 Å². The minimum atomic E-state index is -0.474. The number of benzene rings is 1. The minimum absolute atomic E-state index is 0.213. The molecule has 1 aromatic rings. The maximum absolute atomic E-state index is 12.2. The van der Waals surface area contributed by atoms with Gasteiger partial charge in [0.15, 0.2) is 0 Å². The number of piperidine rings is 1. The molecule has 3 rings (SSSR count). The Balaban J connectivity index is 0.00000114. The van der Waals surface area contributed by atoms with Crippen molar-refractivity contribution in [3.63, 3.8) is 0 Å². The number of rotatable bonds is 4. The van der Waals surface area contributed by atoms with Gasteiger partial charge in [0.2, 0.25) is 11.8 Å². The van der Waals surface area contributed by atoms with E-state index in [9.17, 15) is 14.4 Å². The first kappa shape index (κ1) is 25.1. The Bertz CT molecular complexity index is 798. The molecule has 3 N–H and O–H groups in total. The smallest absolute Gasteiger partial charge is 0.410 e. The average Bonchev–Trinajstić information content (AvgIpc) is 2.71. The van der Waals surface area contributed by atoms with Crippen LogP contribution < -0.4 is 10.6 Å². The van der Waals surface area contributed by atoms with Gasteiger partial charge < -0.3 is 20.1 Å². The summed E-state index contributed by atoms with van der Waals surface area (Å²) in [6.07, 6.45) is 0.617. The van der Waals surface area contributed by atoms with Crippen molar-refractivity contribution in [3.8, 4) is 0 Å². The predicted octanol–water partition coefficient (Wildman–Crippen LogP) is 1.66. The molecule has 1 atom stereocenters. The molecular weight excluding hydrogens is 416 g/mol. The zero-order valence-electron chi connectivity index (χ0n) is 18.8. The highest BCUT2D eigenvalue weighted by atomic mass is 16.6. The maximum atomic E-state index is 12.2. The fourth-order valence-corrected chi connectivity index (χ4v) is 3.41. The van der Waals surface area contributed by atoms with E-state index < -0.39 is 5.60 Å². The van der Waals surface area contributed by atoms with Gasteiger partial charge in [0.25, 0.3) is 6.47 Å². The van der Waals surface area contributed by atoms with Gasteiger partial charge in [-0.25, -0.2) is 4.79 Å². The van der Waals surface area contributed by atoms with E-state index in [2.05, 4.69) is 15.5 Å². The molecule has 2 aliphatic rings. The lowest BCUT2D eigenvalue weighted by atomic mass is 10.1. The summed E-state index contributed by atoms with van der Waals surface area (Å²) in [5.41, 5.74) is 1.56. The Kier molecular flexibility index (Phi) is 9.01. The number of amides is 3. The molecule has 32 heavy (non-hydrogen) atoms. The Hall–Kier alpha value is -3.14. The highest BCUT2D eigenvalue weighted by molar-refractivity contribution is 6.01. The van der Waals surface area contributed by atoms with Crippen LogP contribution in [0.2, 0.25) is 0 Å². The summed E-state index contributed by atoms with van der Waals surface area (Å²) >= 11 is 0. The van der Waals surface area contributed by atoms with Crippen LogP contribution in [-0.4, -0.2) is 77.1 Å². The van der Waals surface area contributed by atoms with Crippen LogP contribution in [0, 0.1) is 0 Å². The Morgan fingerprint density at radius 1 is 1.19 bits per heavy atom. The van der Waals surface area contributed by atoms with Crippen LogP contribution in [0.4, 0.5) is 10.5 Å². The quantitative estimate of drug-likeness (QED) is 0.469. The van der Waals surface area contributed by atoms with Gasteiger partial charge in [-0.05, 0) is 44.9 Å². The van der Waals surface area contributed by atoms with E-state index in [0.29, 0.717) is 25.9 Å². The normalized spacial score (nSPS) is 19.3. The van der Waals surface area contributed by atoms with Gasteiger partial charge >= 0.3 is 6.09 Å². The van der Waals surface area contributed by atoms with Crippen molar-refractivity contribution in [1.82, 2.24) is 15.1 Å². The first-order valence-electron chi connectivity index (χ1n) is 10.6. The second-order valence-electron chi connectivity index (χ2n) is 8.69. The van der Waals surface area contributed by atoms with E-state index in [-0.39, 0.29) is 30.4 Å². The molecule has 0 radical (unpaired) electrons. The number of carbonyl (C=O) groups is 4. The van der Waals surface area contributed by atoms with Crippen molar-refractivity contribution in [3.05, 3.63) is 29.8 Å². The number of piperazine rings is 1. The summed E-state index contributed by atoms with van der Waals surface area (Å²) in [6, 6.07) is 7.61. The molecule has 0 aliphatic carbocycles. The Morgan fingerprint density at radius 2 is 1.78 bits per heavy atom. The second-order valence-corrected chi connectivity index (χ2v) is 8.69. The van der Waals surface area contributed by atoms with E-state index in [1.54, 1.807) is 4.90 Å². The lowest BCUT2D eigenvalue weighted by Gasteiger charge is -2.35. The van der Waals surface area contributed by atoms with Gasteiger partial charge in [-0.15, -0.1) is 0 Å². The number of hydrogen-bond acceptors (Lipinski definition) is 7. The highest BCUT2D eigenvalue weighted by Crippen LogP contribution is 2.17. The van der Waals surface area contributed by atoms with E-state index in [4.69, 9.17) is 14.6 Å². The van der Waals surface area contributed by atoms with Crippen LogP contribution in [0.25, 0.3) is 0 Å². The summed E-state index contributed by atoms with van der Waals surface area (Å²) in [5.74, 6) is -0.483. The molecule has 2 fully saturated rings. The monoisotopic (exact) mass is 448 g/mol. The van der Waals surface area contributed by atoms with Crippen molar-refractivity contribution < 1.29 is 29.0 Å². The van der Waals surface area contributed by atoms with Crippen molar-refractivity contribution in [2.45, 2.75) is 51.8 Å². The third kappa shape index (κ3) is 8.18. The number of hydrogen-bond donors (Lipinski definition) is 3. The van der Waals surface area contributed by atoms with Gasteiger partial charge in [-0.1, -0.05) is 12.1 Å². The highest BCUT2D eigenvalue weighted by Gasteiger charge is 2.27. The van der Waals surface area contributed by atoms with Gasteiger partial charge in [0, 0.05) is 44.8 Å². The summed E-state index contributed by atoms with van der Waals surface area (Å²) in [7, 11) is 0.